The molecular weight excluding hydrogens is 271 g/mol. The van der Waals surface area contributed by atoms with Crippen molar-refractivity contribution in [2.75, 3.05) is 0 Å². The Bertz CT molecular complexity index is 466. The van der Waals surface area contributed by atoms with Gasteiger partial charge < -0.3 is 0 Å². The molecule has 2 aromatic rings. The van der Waals surface area contributed by atoms with E-state index in [0.29, 0.717) is 5.02 Å². The van der Waals surface area contributed by atoms with E-state index >= 15 is 0 Å². The van der Waals surface area contributed by atoms with Crippen LogP contribution in [0.25, 0.3) is 10.8 Å². The highest BCUT2D eigenvalue weighted by atomic mass is 79.9. The second-order valence-electron chi connectivity index (χ2n) is 2.73. The van der Waals surface area contributed by atoms with Crippen LogP contribution in [0.15, 0.2) is 34.8 Å². The van der Waals surface area contributed by atoms with Crippen LogP contribution in [0, 0.1) is 0 Å². The van der Waals surface area contributed by atoms with E-state index in [1.807, 2.05) is 30.3 Å². The summed E-state index contributed by atoms with van der Waals surface area (Å²) in [7, 11) is 0. The summed E-state index contributed by atoms with van der Waals surface area (Å²) in [5.74, 6) is 0. The Kier molecular flexibility index (Phi) is 2.50. The Morgan fingerprint density at radius 2 is 1.85 bits per heavy atom. The highest BCUT2D eigenvalue weighted by Gasteiger charge is 2.03. The van der Waals surface area contributed by atoms with Crippen LogP contribution in [0.1, 0.15) is 0 Å². The van der Waals surface area contributed by atoms with Gasteiger partial charge in [0.05, 0.1) is 0 Å². The zero-order valence-corrected chi connectivity index (χ0v) is 9.62. The van der Waals surface area contributed by atoms with Crippen molar-refractivity contribution >= 4 is 49.9 Å². The molecule has 2 rings (SSSR count). The predicted molar refractivity (Wildman–Crippen MR) is 61.7 cm³/mol. The second-order valence-corrected chi connectivity index (χ2v) is 4.42. The Morgan fingerprint density at radius 3 is 2.62 bits per heavy atom. The third-order valence-corrected chi connectivity index (χ3v) is 3.00. The summed E-state index contributed by atoms with van der Waals surface area (Å²) in [6.07, 6.45) is 0. The van der Waals surface area contributed by atoms with Crippen LogP contribution < -0.4 is 0 Å². The van der Waals surface area contributed by atoms with Gasteiger partial charge in [0, 0.05) is 19.9 Å². The largest absolute Gasteiger partial charge is 0.0843 e. The maximum absolute atomic E-state index is 6.04. The van der Waals surface area contributed by atoms with Crippen LogP contribution in [-0.4, -0.2) is 0 Å². The first kappa shape index (κ1) is 9.32. The molecule has 0 saturated heterocycles. The number of fused-ring (bicyclic) bond motifs is 1. The molecular formula is C10H5BrCl2. The van der Waals surface area contributed by atoms with Gasteiger partial charge in [-0.1, -0.05) is 51.3 Å². The Balaban J connectivity index is 2.94. The summed E-state index contributed by atoms with van der Waals surface area (Å²) in [5, 5.41) is 3.50. The molecule has 0 atom stereocenters. The van der Waals surface area contributed by atoms with Crippen molar-refractivity contribution in [1.82, 2.24) is 0 Å². The molecule has 0 spiro atoms. The van der Waals surface area contributed by atoms with Gasteiger partial charge in [-0.3, -0.25) is 0 Å². The highest BCUT2D eigenvalue weighted by molar-refractivity contribution is 9.10. The molecule has 3 heteroatoms. The normalized spacial score (nSPS) is 10.7. The maximum atomic E-state index is 6.04. The zero-order valence-electron chi connectivity index (χ0n) is 6.52. The van der Waals surface area contributed by atoms with E-state index in [1.165, 1.54) is 0 Å². The minimum absolute atomic E-state index is 0.710. The predicted octanol–water partition coefficient (Wildman–Crippen LogP) is 4.91. The molecule has 0 bridgehead atoms. The number of halogens is 3. The van der Waals surface area contributed by atoms with E-state index in [2.05, 4.69) is 15.9 Å². The summed E-state index contributed by atoms with van der Waals surface area (Å²) >= 11 is 15.4. The molecule has 0 aliphatic rings. The molecule has 0 radical (unpaired) electrons. The lowest BCUT2D eigenvalue weighted by molar-refractivity contribution is 1.70. The van der Waals surface area contributed by atoms with E-state index < -0.39 is 0 Å². The molecule has 13 heavy (non-hydrogen) atoms. The molecule has 0 heterocycles. The smallest absolute Gasteiger partial charge is 0.0495 e. The minimum atomic E-state index is 0.710. The molecule has 0 unspecified atom stereocenters. The maximum Gasteiger partial charge on any atom is 0.0495 e. The van der Waals surface area contributed by atoms with Gasteiger partial charge in [-0.15, -0.1) is 0 Å². The van der Waals surface area contributed by atoms with Crippen LogP contribution in [-0.2, 0) is 0 Å². The second kappa shape index (κ2) is 3.49. The monoisotopic (exact) mass is 274 g/mol. The summed E-state index contributed by atoms with van der Waals surface area (Å²) in [5.41, 5.74) is 0. The van der Waals surface area contributed by atoms with E-state index in [1.54, 1.807) is 0 Å². The molecule has 0 N–H and O–H groups in total. The molecule has 0 saturated carbocycles. The summed E-state index contributed by atoms with van der Waals surface area (Å²) < 4.78 is 0.931. The lowest BCUT2D eigenvalue weighted by Crippen LogP contribution is -1.76. The third kappa shape index (κ3) is 1.69. The SMILES string of the molecule is Clc1cc(Br)c2c(Cl)cccc2c1. The minimum Gasteiger partial charge on any atom is -0.0843 e. The quantitative estimate of drug-likeness (QED) is 0.641. The number of benzene rings is 2. The van der Waals surface area contributed by atoms with Crippen LogP contribution in [0.4, 0.5) is 0 Å². The third-order valence-electron chi connectivity index (χ3n) is 1.84. The van der Waals surface area contributed by atoms with E-state index in [0.717, 1.165) is 20.3 Å². The van der Waals surface area contributed by atoms with Crippen molar-refractivity contribution in [3.05, 3.63) is 44.8 Å². The fourth-order valence-corrected chi connectivity index (χ4v) is 2.74. The standard InChI is InChI=1S/C10H5BrCl2/c11-8-5-7(12)4-6-2-1-3-9(13)10(6)8/h1-5H. The van der Waals surface area contributed by atoms with E-state index in [9.17, 15) is 0 Å². The number of hydrogen-bond acceptors (Lipinski definition) is 0. The van der Waals surface area contributed by atoms with E-state index in [4.69, 9.17) is 23.2 Å². The first-order valence-corrected chi connectivity index (χ1v) is 5.26. The van der Waals surface area contributed by atoms with Gasteiger partial charge in [0.15, 0.2) is 0 Å². The van der Waals surface area contributed by atoms with Gasteiger partial charge >= 0.3 is 0 Å². The fourth-order valence-electron chi connectivity index (χ4n) is 1.30. The van der Waals surface area contributed by atoms with Crippen molar-refractivity contribution in [3.63, 3.8) is 0 Å². The van der Waals surface area contributed by atoms with Crippen molar-refractivity contribution in [3.8, 4) is 0 Å². The van der Waals surface area contributed by atoms with Crippen molar-refractivity contribution in [1.29, 1.82) is 0 Å². The summed E-state index contributed by atoms with van der Waals surface area (Å²) in [4.78, 5) is 0. The fraction of sp³-hybridized carbons (Fsp3) is 0. The molecule has 0 aromatic heterocycles. The molecule has 66 valence electrons. The topological polar surface area (TPSA) is 0 Å². The molecule has 0 amide bonds. The van der Waals surface area contributed by atoms with E-state index in [-0.39, 0.29) is 0 Å². The molecule has 0 nitrogen and oxygen atoms in total. The van der Waals surface area contributed by atoms with Crippen LogP contribution in [0.2, 0.25) is 10.0 Å². The molecule has 0 aliphatic heterocycles. The Morgan fingerprint density at radius 1 is 1.08 bits per heavy atom. The van der Waals surface area contributed by atoms with Gasteiger partial charge in [0.25, 0.3) is 0 Å². The van der Waals surface area contributed by atoms with Gasteiger partial charge in [0.1, 0.15) is 0 Å². The molecule has 2 aromatic carbocycles. The highest BCUT2D eigenvalue weighted by Crippen LogP contribution is 2.33. The van der Waals surface area contributed by atoms with Crippen molar-refractivity contribution < 1.29 is 0 Å². The Hall–Kier alpha value is -0.240. The summed E-state index contributed by atoms with van der Waals surface area (Å²) in [6, 6.07) is 9.50. The molecule has 0 fully saturated rings. The number of rotatable bonds is 0. The summed E-state index contributed by atoms with van der Waals surface area (Å²) in [6.45, 7) is 0. The number of hydrogen-bond donors (Lipinski definition) is 0. The van der Waals surface area contributed by atoms with Crippen molar-refractivity contribution in [2.45, 2.75) is 0 Å². The first-order valence-electron chi connectivity index (χ1n) is 3.72. The first-order chi connectivity index (χ1) is 6.18. The van der Waals surface area contributed by atoms with Gasteiger partial charge in [0.2, 0.25) is 0 Å². The molecule has 0 aliphatic carbocycles. The zero-order chi connectivity index (χ0) is 9.42. The average Bonchev–Trinajstić information content (AvgIpc) is 2.02. The van der Waals surface area contributed by atoms with Crippen LogP contribution >= 0.6 is 39.1 Å². The lowest BCUT2D eigenvalue weighted by Gasteiger charge is -2.03. The van der Waals surface area contributed by atoms with Crippen molar-refractivity contribution in [2.24, 2.45) is 0 Å². The van der Waals surface area contributed by atoms with Crippen LogP contribution in [0.5, 0.6) is 0 Å². The van der Waals surface area contributed by atoms with Gasteiger partial charge in [-0.2, -0.15) is 0 Å². The van der Waals surface area contributed by atoms with Gasteiger partial charge in [-0.05, 0) is 23.6 Å². The van der Waals surface area contributed by atoms with Crippen LogP contribution in [0.3, 0.4) is 0 Å². The van der Waals surface area contributed by atoms with Gasteiger partial charge in [-0.25, -0.2) is 0 Å². The Labute approximate surface area is 94.6 Å². The average molecular weight is 276 g/mol. The lowest BCUT2D eigenvalue weighted by atomic mass is 10.1.